The Balaban J connectivity index is 2.24. The number of fused-ring (bicyclic) bond motifs is 1. The molecule has 3 aromatic rings. The van der Waals surface area contributed by atoms with E-state index in [0.29, 0.717) is 11.2 Å². The molecule has 0 bridgehead atoms. The van der Waals surface area contributed by atoms with Crippen LogP contribution in [0.1, 0.15) is 27.7 Å². The van der Waals surface area contributed by atoms with Gasteiger partial charge in [0.1, 0.15) is 11.6 Å². The van der Waals surface area contributed by atoms with Crippen LogP contribution in [-0.4, -0.2) is 23.1 Å². The molecule has 5 heteroatoms. The van der Waals surface area contributed by atoms with Crippen LogP contribution in [0.25, 0.3) is 22.0 Å². The summed E-state index contributed by atoms with van der Waals surface area (Å²) in [5.74, 6) is 0.102. The van der Waals surface area contributed by atoms with Crippen LogP contribution in [0, 0.1) is 5.82 Å². The molecule has 0 radical (unpaired) electrons. The summed E-state index contributed by atoms with van der Waals surface area (Å²) in [6, 6.07) is 15.9. The van der Waals surface area contributed by atoms with Gasteiger partial charge in [-0.3, -0.25) is 4.90 Å². The van der Waals surface area contributed by atoms with Crippen LogP contribution in [-0.2, 0) is 0 Å². The molecule has 0 atom stereocenters. The third-order valence-electron chi connectivity index (χ3n) is 4.22. The number of benzene rings is 2. The number of nitrogens with one attached hydrogen (secondary N) is 1. The fourth-order valence-electron chi connectivity index (χ4n) is 3.03. The Morgan fingerprint density at radius 1 is 1.04 bits per heavy atom. The lowest BCUT2D eigenvalue weighted by molar-refractivity contribution is 0.242. The van der Waals surface area contributed by atoms with Crippen molar-refractivity contribution >= 4 is 22.6 Å². The number of hydrogen-bond donors (Lipinski definition) is 1. The Labute approximate surface area is 159 Å². The molecule has 0 aliphatic carbocycles. The summed E-state index contributed by atoms with van der Waals surface area (Å²) < 4.78 is 14.0. The van der Waals surface area contributed by atoms with Crippen molar-refractivity contribution in [3.05, 3.63) is 60.4 Å². The first-order valence-electron chi connectivity index (χ1n) is 9.12. The summed E-state index contributed by atoms with van der Waals surface area (Å²) in [7, 11) is 0. The first kappa shape index (κ1) is 18.8. The SMILES string of the molecule is CC(C)NC(=O)N(c1nc(-c2ccccc2)cc2ccc(F)cc12)C(C)C. The first-order valence-corrected chi connectivity index (χ1v) is 9.12. The number of rotatable bonds is 4. The molecule has 1 N–H and O–H groups in total. The van der Waals surface area contributed by atoms with Crippen molar-refractivity contribution in [2.24, 2.45) is 0 Å². The first-order chi connectivity index (χ1) is 12.9. The second-order valence-corrected chi connectivity index (χ2v) is 7.13. The fraction of sp³-hybridized carbons (Fsp3) is 0.273. The Morgan fingerprint density at radius 3 is 2.37 bits per heavy atom. The smallest absolute Gasteiger partial charge is 0.323 e. The van der Waals surface area contributed by atoms with Crippen molar-refractivity contribution in [3.63, 3.8) is 0 Å². The largest absolute Gasteiger partial charge is 0.335 e. The van der Waals surface area contributed by atoms with Crippen molar-refractivity contribution < 1.29 is 9.18 Å². The highest BCUT2D eigenvalue weighted by atomic mass is 19.1. The number of carbonyl (C=O) groups is 1. The highest BCUT2D eigenvalue weighted by Crippen LogP contribution is 2.31. The predicted octanol–water partition coefficient (Wildman–Crippen LogP) is 5.37. The normalized spacial score (nSPS) is 11.2. The van der Waals surface area contributed by atoms with E-state index in [1.165, 1.54) is 12.1 Å². The van der Waals surface area contributed by atoms with Gasteiger partial charge in [0, 0.05) is 23.0 Å². The quantitative estimate of drug-likeness (QED) is 0.675. The standard InChI is InChI=1S/C22H24FN3O/c1-14(2)24-22(27)26(15(3)4)21-19-13-18(23)11-10-17(19)12-20(25-21)16-8-6-5-7-9-16/h5-15H,1-4H3,(H,24,27). The van der Waals surface area contributed by atoms with Gasteiger partial charge in [-0.2, -0.15) is 0 Å². The number of hydrogen-bond acceptors (Lipinski definition) is 2. The van der Waals surface area contributed by atoms with Gasteiger partial charge in [0.25, 0.3) is 0 Å². The summed E-state index contributed by atoms with van der Waals surface area (Å²) in [6.07, 6.45) is 0. The predicted molar refractivity (Wildman–Crippen MR) is 108 cm³/mol. The zero-order valence-corrected chi connectivity index (χ0v) is 16.0. The number of pyridine rings is 1. The average molecular weight is 365 g/mol. The van der Waals surface area contributed by atoms with E-state index in [2.05, 4.69) is 5.32 Å². The second kappa shape index (κ2) is 7.74. The molecule has 2 amide bonds. The third kappa shape index (κ3) is 4.08. The zero-order chi connectivity index (χ0) is 19.6. The van der Waals surface area contributed by atoms with Crippen LogP contribution < -0.4 is 10.2 Å². The number of carbonyl (C=O) groups excluding carboxylic acids is 1. The maximum Gasteiger partial charge on any atom is 0.323 e. The lowest BCUT2D eigenvalue weighted by Gasteiger charge is -2.28. The van der Waals surface area contributed by atoms with Gasteiger partial charge in [0.05, 0.1) is 5.69 Å². The number of urea groups is 1. The zero-order valence-electron chi connectivity index (χ0n) is 16.0. The minimum absolute atomic E-state index is 0.0148. The molecule has 27 heavy (non-hydrogen) atoms. The average Bonchev–Trinajstić information content (AvgIpc) is 2.61. The van der Waals surface area contributed by atoms with Crippen molar-refractivity contribution in [1.29, 1.82) is 0 Å². The molecule has 0 fully saturated rings. The summed E-state index contributed by atoms with van der Waals surface area (Å²) in [4.78, 5) is 19.2. The molecule has 2 aromatic carbocycles. The van der Waals surface area contributed by atoms with Gasteiger partial charge in [0.2, 0.25) is 0 Å². The van der Waals surface area contributed by atoms with Gasteiger partial charge < -0.3 is 5.32 Å². The number of aromatic nitrogens is 1. The van der Waals surface area contributed by atoms with E-state index < -0.39 is 0 Å². The number of nitrogens with zero attached hydrogens (tertiary/aromatic N) is 2. The van der Waals surface area contributed by atoms with Gasteiger partial charge >= 0.3 is 6.03 Å². The van der Waals surface area contributed by atoms with Gasteiger partial charge in [-0.05, 0) is 51.3 Å². The Morgan fingerprint density at radius 2 is 1.74 bits per heavy atom. The van der Waals surface area contributed by atoms with Crippen LogP contribution in [0.3, 0.4) is 0 Å². The van der Waals surface area contributed by atoms with Crippen molar-refractivity contribution in [2.75, 3.05) is 4.90 Å². The Bertz CT molecular complexity index is 954. The van der Waals surface area contributed by atoms with Crippen molar-refractivity contribution in [2.45, 2.75) is 39.8 Å². The summed E-state index contributed by atoms with van der Waals surface area (Å²) in [5, 5.41) is 4.36. The third-order valence-corrected chi connectivity index (χ3v) is 4.22. The van der Waals surface area contributed by atoms with E-state index in [1.54, 1.807) is 11.0 Å². The van der Waals surface area contributed by atoms with Crippen LogP contribution in [0.4, 0.5) is 15.0 Å². The highest BCUT2D eigenvalue weighted by molar-refractivity contribution is 6.03. The maximum atomic E-state index is 14.0. The molecule has 0 saturated carbocycles. The van der Waals surface area contributed by atoms with Crippen LogP contribution in [0.5, 0.6) is 0 Å². The molecule has 0 unspecified atom stereocenters. The van der Waals surface area contributed by atoms with Crippen molar-refractivity contribution in [1.82, 2.24) is 10.3 Å². The van der Waals surface area contributed by atoms with Gasteiger partial charge in [-0.1, -0.05) is 36.4 Å². The molecule has 0 aliphatic rings. The molecular formula is C22H24FN3O. The molecule has 4 nitrogen and oxygen atoms in total. The number of amides is 2. The monoisotopic (exact) mass is 365 g/mol. The van der Waals surface area contributed by atoms with E-state index in [1.807, 2.05) is 64.1 Å². The number of anilines is 1. The van der Waals surface area contributed by atoms with E-state index >= 15 is 0 Å². The van der Waals surface area contributed by atoms with E-state index in [4.69, 9.17) is 4.98 Å². The molecular weight excluding hydrogens is 341 g/mol. The van der Waals surface area contributed by atoms with Crippen LogP contribution >= 0.6 is 0 Å². The molecule has 1 heterocycles. The van der Waals surface area contributed by atoms with E-state index in [0.717, 1.165) is 16.6 Å². The van der Waals surface area contributed by atoms with Gasteiger partial charge in [-0.25, -0.2) is 14.2 Å². The molecule has 0 saturated heterocycles. The second-order valence-electron chi connectivity index (χ2n) is 7.13. The Hall–Kier alpha value is -2.95. The minimum Gasteiger partial charge on any atom is -0.335 e. The Kier molecular flexibility index (Phi) is 5.40. The van der Waals surface area contributed by atoms with Gasteiger partial charge in [-0.15, -0.1) is 0 Å². The summed E-state index contributed by atoms with van der Waals surface area (Å²) >= 11 is 0. The van der Waals surface area contributed by atoms with E-state index in [9.17, 15) is 9.18 Å². The molecule has 3 rings (SSSR count). The summed E-state index contributed by atoms with van der Waals surface area (Å²) in [5.41, 5.74) is 1.69. The highest BCUT2D eigenvalue weighted by Gasteiger charge is 2.24. The van der Waals surface area contributed by atoms with Crippen LogP contribution in [0.2, 0.25) is 0 Å². The molecule has 0 spiro atoms. The fourth-order valence-corrected chi connectivity index (χ4v) is 3.03. The van der Waals surface area contributed by atoms with Gasteiger partial charge in [0.15, 0.2) is 0 Å². The van der Waals surface area contributed by atoms with Crippen molar-refractivity contribution in [3.8, 4) is 11.3 Å². The molecule has 1 aromatic heterocycles. The lowest BCUT2D eigenvalue weighted by atomic mass is 10.1. The lowest BCUT2D eigenvalue weighted by Crippen LogP contribution is -2.47. The topological polar surface area (TPSA) is 45.2 Å². The number of halogens is 1. The molecule has 140 valence electrons. The van der Waals surface area contributed by atoms with E-state index in [-0.39, 0.29) is 23.9 Å². The maximum absolute atomic E-state index is 14.0. The summed E-state index contributed by atoms with van der Waals surface area (Å²) in [6.45, 7) is 7.65. The molecule has 0 aliphatic heterocycles. The minimum atomic E-state index is -0.356. The van der Waals surface area contributed by atoms with Crippen LogP contribution in [0.15, 0.2) is 54.6 Å².